The highest BCUT2D eigenvalue weighted by atomic mass is 79.9. The third kappa shape index (κ3) is 4.14. The molecule has 0 aromatic heterocycles. The van der Waals surface area contributed by atoms with Gasteiger partial charge in [0.25, 0.3) is 0 Å². The Kier molecular flexibility index (Phi) is 5.85. The first-order valence-electron chi connectivity index (χ1n) is 5.83. The highest BCUT2D eigenvalue weighted by Crippen LogP contribution is 2.23. The molecule has 0 saturated heterocycles. The molecule has 0 fully saturated rings. The zero-order valence-electron chi connectivity index (χ0n) is 10.2. The average molecular weight is 286 g/mol. The van der Waals surface area contributed by atoms with Gasteiger partial charge in [0.1, 0.15) is 5.75 Å². The summed E-state index contributed by atoms with van der Waals surface area (Å²) in [6.07, 6.45) is 1.30. The first kappa shape index (κ1) is 13.5. The van der Waals surface area contributed by atoms with Crippen molar-refractivity contribution in [3.05, 3.63) is 28.2 Å². The number of ether oxygens (including phenoxy) is 1. The zero-order chi connectivity index (χ0) is 12.0. The van der Waals surface area contributed by atoms with Crippen molar-refractivity contribution < 1.29 is 4.74 Å². The molecule has 0 spiro atoms. The number of nitrogens with one attached hydrogen (secondary N) is 1. The third-order valence-electron chi connectivity index (χ3n) is 2.49. The highest BCUT2D eigenvalue weighted by molar-refractivity contribution is 9.10. The van der Waals surface area contributed by atoms with Gasteiger partial charge < -0.3 is 10.1 Å². The van der Waals surface area contributed by atoms with E-state index in [0.29, 0.717) is 0 Å². The lowest BCUT2D eigenvalue weighted by Crippen LogP contribution is -2.13. The fourth-order valence-corrected chi connectivity index (χ4v) is 1.72. The van der Waals surface area contributed by atoms with Crippen LogP contribution in [0.3, 0.4) is 0 Å². The zero-order valence-corrected chi connectivity index (χ0v) is 11.8. The van der Waals surface area contributed by atoms with E-state index in [1.807, 2.05) is 12.1 Å². The van der Waals surface area contributed by atoms with Crippen LogP contribution in [-0.2, 0) is 6.54 Å². The van der Waals surface area contributed by atoms with Crippen LogP contribution in [0.15, 0.2) is 22.7 Å². The first-order valence-corrected chi connectivity index (χ1v) is 6.62. The summed E-state index contributed by atoms with van der Waals surface area (Å²) in [6.45, 7) is 8.17. The molecule has 1 N–H and O–H groups in total. The van der Waals surface area contributed by atoms with Crippen molar-refractivity contribution in [2.45, 2.75) is 39.8 Å². The molecule has 1 aromatic rings. The van der Waals surface area contributed by atoms with Crippen molar-refractivity contribution >= 4 is 15.9 Å². The van der Waals surface area contributed by atoms with Crippen molar-refractivity contribution in [2.75, 3.05) is 6.54 Å². The Balaban J connectivity index is 2.72. The average Bonchev–Trinajstić information content (AvgIpc) is 2.29. The summed E-state index contributed by atoms with van der Waals surface area (Å²) in [5.74, 6) is 0.949. The maximum atomic E-state index is 5.79. The van der Waals surface area contributed by atoms with Crippen molar-refractivity contribution in [1.82, 2.24) is 5.32 Å². The van der Waals surface area contributed by atoms with E-state index in [2.05, 4.69) is 48.1 Å². The fourth-order valence-electron chi connectivity index (χ4n) is 1.34. The molecule has 0 aliphatic carbocycles. The Labute approximate surface area is 107 Å². The molecule has 1 unspecified atom stereocenters. The molecule has 0 heterocycles. The van der Waals surface area contributed by atoms with Crippen molar-refractivity contribution in [3.63, 3.8) is 0 Å². The highest BCUT2D eigenvalue weighted by Gasteiger charge is 2.04. The lowest BCUT2D eigenvalue weighted by Gasteiger charge is -2.14. The number of hydrogen-bond donors (Lipinski definition) is 1. The summed E-state index contributed by atoms with van der Waals surface area (Å²) in [7, 11) is 0. The maximum Gasteiger partial charge on any atom is 0.120 e. The van der Waals surface area contributed by atoms with Crippen LogP contribution in [0, 0.1) is 0 Å². The Bertz CT molecular complexity index is 328. The molecule has 0 saturated carbocycles. The van der Waals surface area contributed by atoms with Gasteiger partial charge in [0.05, 0.1) is 6.10 Å². The molecular weight excluding hydrogens is 266 g/mol. The van der Waals surface area contributed by atoms with Crippen LogP contribution in [0.5, 0.6) is 5.75 Å². The molecule has 16 heavy (non-hydrogen) atoms. The van der Waals surface area contributed by atoms with Gasteiger partial charge in [0.15, 0.2) is 0 Å². The van der Waals surface area contributed by atoms with E-state index in [9.17, 15) is 0 Å². The minimum absolute atomic E-state index is 0.271. The predicted molar refractivity (Wildman–Crippen MR) is 71.9 cm³/mol. The Hall–Kier alpha value is -0.540. The molecule has 2 nitrogen and oxygen atoms in total. The Morgan fingerprint density at radius 2 is 2.12 bits per heavy atom. The number of hydrogen-bond acceptors (Lipinski definition) is 2. The standard InChI is InChI=1S/C13H20BrNO/c1-4-10(3)16-12-6-7-13(14)11(8-12)9-15-5-2/h6-8,10,15H,4-5,9H2,1-3H3. The van der Waals surface area contributed by atoms with Crippen LogP contribution in [0.2, 0.25) is 0 Å². The Morgan fingerprint density at radius 1 is 1.38 bits per heavy atom. The van der Waals surface area contributed by atoms with E-state index in [1.165, 1.54) is 5.56 Å². The van der Waals surface area contributed by atoms with Gasteiger partial charge in [0, 0.05) is 11.0 Å². The number of halogens is 1. The molecule has 0 aliphatic rings. The summed E-state index contributed by atoms with van der Waals surface area (Å²) in [4.78, 5) is 0. The van der Waals surface area contributed by atoms with Crippen LogP contribution < -0.4 is 10.1 Å². The van der Waals surface area contributed by atoms with E-state index in [0.717, 1.165) is 29.7 Å². The maximum absolute atomic E-state index is 5.79. The van der Waals surface area contributed by atoms with Gasteiger partial charge in [0.2, 0.25) is 0 Å². The largest absolute Gasteiger partial charge is 0.491 e. The van der Waals surface area contributed by atoms with Crippen LogP contribution in [0.1, 0.15) is 32.8 Å². The molecule has 90 valence electrons. The lowest BCUT2D eigenvalue weighted by molar-refractivity contribution is 0.217. The molecule has 1 aromatic carbocycles. The molecule has 0 amide bonds. The molecule has 1 atom stereocenters. The van der Waals surface area contributed by atoms with E-state index >= 15 is 0 Å². The third-order valence-corrected chi connectivity index (χ3v) is 3.27. The van der Waals surface area contributed by atoms with E-state index in [-0.39, 0.29) is 6.10 Å². The van der Waals surface area contributed by atoms with Crippen molar-refractivity contribution in [1.29, 1.82) is 0 Å². The Morgan fingerprint density at radius 3 is 2.75 bits per heavy atom. The predicted octanol–water partition coefficient (Wildman–Crippen LogP) is 3.74. The summed E-state index contributed by atoms with van der Waals surface area (Å²) in [5.41, 5.74) is 1.24. The fraction of sp³-hybridized carbons (Fsp3) is 0.538. The van der Waals surface area contributed by atoms with Gasteiger partial charge in [-0.15, -0.1) is 0 Å². The number of rotatable bonds is 6. The van der Waals surface area contributed by atoms with Crippen molar-refractivity contribution in [3.8, 4) is 5.75 Å². The summed E-state index contributed by atoms with van der Waals surface area (Å²) in [5, 5.41) is 3.31. The topological polar surface area (TPSA) is 21.3 Å². The van der Waals surface area contributed by atoms with Gasteiger partial charge in [-0.05, 0) is 43.7 Å². The van der Waals surface area contributed by atoms with Gasteiger partial charge >= 0.3 is 0 Å². The summed E-state index contributed by atoms with van der Waals surface area (Å²) in [6, 6.07) is 6.15. The van der Waals surface area contributed by atoms with Crippen LogP contribution in [0.25, 0.3) is 0 Å². The molecule has 3 heteroatoms. The monoisotopic (exact) mass is 285 g/mol. The smallest absolute Gasteiger partial charge is 0.120 e. The second-order valence-electron chi connectivity index (χ2n) is 3.87. The van der Waals surface area contributed by atoms with Crippen LogP contribution in [0.4, 0.5) is 0 Å². The van der Waals surface area contributed by atoms with E-state index in [1.54, 1.807) is 0 Å². The van der Waals surface area contributed by atoms with Crippen LogP contribution in [-0.4, -0.2) is 12.6 Å². The minimum atomic E-state index is 0.271. The molecule has 0 radical (unpaired) electrons. The van der Waals surface area contributed by atoms with Gasteiger partial charge in [-0.2, -0.15) is 0 Å². The van der Waals surface area contributed by atoms with Crippen molar-refractivity contribution in [2.24, 2.45) is 0 Å². The normalized spacial score (nSPS) is 12.5. The van der Waals surface area contributed by atoms with Crippen LogP contribution >= 0.6 is 15.9 Å². The molecule has 0 bridgehead atoms. The second kappa shape index (κ2) is 6.92. The SMILES string of the molecule is CCNCc1cc(OC(C)CC)ccc1Br. The molecule has 1 rings (SSSR count). The van der Waals surface area contributed by atoms with Gasteiger partial charge in [-0.25, -0.2) is 0 Å². The summed E-state index contributed by atoms with van der Waals surface area (Å²) < 4.78 is 6.92. The minimum Gasteiger partial charge on any atom is -0.491 e. The second-order valence-corrected chi connectivity index (χ2v) is 4.72. The van der Waals surface area contributed by atoms with E-state index in [4.69, 9.17) is 4.74 Å². The lowest BCUT2D eigenvalue weighted by atomic mass is 10.2. The molecule has 0 aliphatic heterocycles. The quantitative estimate of drug-likeness (QED) is 0.860. The first-order chi connectivity index (χ1) is 7.67. The van der Waals surface area contributed by atoms with Gasteiger partial charge in [-0.3, -0.25) is 0 Å². The molecular formula is C13H20BrNO. The van der Waals surface area contributed by atoms with Gasteiger partial charge in [-0.1, -0.05) is 29.8 Å². The van der Waals surface area contributed by atoms with E-state index < -0.39 is 0 Å². The summed E-state index contributed by atoms with van der Waals surface area (Å²) >= 11 is 3.55. The number of benzene rings is 1.